The number of carbonyl (C=O) groups excluding carboxylic acids is 3. The number of piperidine rings is 2. The van der Waals surface area contributed by atoms with Crippen molar-refractivity contribution in [2.45, 2.75) is 80.6 Å². The third-order valence-corrected chi connectivity index (χ3v) is 7.75. The predicted octanol–water partition coefficient (Wildman–Crippen LogP) is 6.51. The molecule has 2 amide bonds. The maximum Gasteiger partial charge on any atom is 0.412 e. The SMILES string of the molecule is C=C(C)C(C)(C)NC(=O)C1C2CC1CN(C(=O)OC(C)OC(=O)C(C)C)C2.C\C=C/C=C(Br)\C(C)=C\C. The molecule has 7 nitrogen and oxygen atoms in total. The molecule has 0 spiro atoms. The molecule has 0 aromatic heterocycles. The molecule has 37 heavy (non-hydrogen) atoms. The van der Waals surface area contributed by atoms with Gasteiger partial charge in [0.25, 0.3) is 0 Å². The van der Waals surface area contributed by atoms with Crippen molar-refractivity contribution in [3.05, 3.63) is 46.5 Å². The van der Waals surface area contributed by atoms with Crippen LogP contribution >= 0.6 is 15.9 Å². The summed E-state index contributed by atoms with van der Waals surface area (Å²) < 4.78 is 11.4. The largest absolute Gasteiger partial charge is 0.425 e. The fourth-order valence-electron chi connectivity index (χ4n) is 3.95. The average Bonchev–Trinajstić information content (AvgIpc) is 2.81. The molecular formula is C29H45BrN2O5. The lowest BCUT2D eigenvalue weighted by Gasteiger charge is -2.52. The molecule has 208 valence electrons. The molecule has 2 saturated heterocycles. The minimum atomic E-state index is -0.930. The van der Waals surface area contributed by atoms with E-state index in [1.807, 2.05) is 52.8 Å². The van der Waals surface area contributed by atoms with E-state index >= 15 is 0 Å². The number of nitrogens with zero attached hydrogens (tertiary/aromatic N) is 1. The van der Waals surface area contributed by atoms with E-state index in [9.17, 15) is 14.4 Å². The van der Waals surface area contributed by atoms with Crippen LogP contribution < -0.4 is 5.32 Å². The number of hydrogen-bond acceptors (Lipinski definition) is 5. The monoisotopic (exact) mass is 580 g/mol. The summed E-state index contributed by atoms with van der Waals surface area (Å²) in [6.45, 7) is 21.7. The number of carbonyl (C=O) groups is 3. The average molecular weight is 582 g/mol. The van der Waals surface area contributed by atoms with Crippen LogP contribution in [0.15, 0.2) is 46.5 Å². The molecule has 2 heterocycles. The summed E-state index contributed by atoms with van der Waals surface area (Å²) in [7, 11) is 0. The Hall–Kier alpha value is -2.35. The fraction of sp³-hybridized carbons (Fsp3) is 0.621. The van der Waals surface area contributed by atoms with Gasteiger partial charge in [-0.1, -0.05) is 60.2 Å². The van der Waals surface area contributed by atoms with E-state index < -0.39 is 23.9 Å². The van der Waals surface area contributed by atoms with Crippen molar-refractivity contribution in [2.24, 2.45) is 23.7 Å². The molecule has 3 unspecified atom stereocenters. The van der Waals surface area contributed by atoms with Crippen LogP contribution in [0.4, 0.5) is 4.79 Å². The van der Waals surface area contributed by atoms with Gasteiger partial charge in [0.05, 0.1) is 11.5 Å². The molecule has 2 aliphatic heterocycles. The van der Waals surface area contributed by atoms with Crippen molar-refractivity contribution in [3.8, 4) is 0 Å². The lowest BCUT2D eigenvalue weighted by atomic mass is 9.61. The summed E-state index contributed by atoms with van der Waals surface area (Å²) in [4.78, 5) is 38.2. The lowest BCUT2D eigenvalue weighted by Crippen LogP contribution is -2.62. The summed E-state index contributed by atoms with van der Waals surface area (Å²) in [5, 5.41) is 3.06. The highest BCUT2D eigenvalue weighted by molar-refractivity contribution is 9.12. The van der Waals surface area contributed by atoms with E-state index in [1.165, 1.54) is 12.5 Å². The number of esters is 1. The van der Waals surface area contributed by atoms with Gasteiger partial charge in [-0.3, -0.25) is 9.59 Å². The highest BCUT2D eigenvalue weighted by atomic mass is 79.9. The molecule has 0 radical (unpaired) electrons. The number of fused-ring (bicyclic) bond motifs is 2. The molecule has 3 atom stereocenters. The van der Waals surface area contributed by atoms with Gasteiger partial charge in [0, 0.05) is 30.4 Å². The van der Waals surface area contributed by atoms with Gasteiger partial charge in [0.1, 0.15) is 0 Å². The number of hydrogen-bond donors (Lipinski definition) is 1. The third-order valence-electron chi connectivity index (χ3n) is 6.86. The number of allylic oxidation sites excluding steroid dienone is 6. The first kappa shape index (κ1) is 32.7. The van der Waals surface area contributed by atoms with Crippen LogP contribution in [0.25, 0.3) is 0 Å². The maximum absolute atomic E-state index is 12.7. The van der Waals surface area contributed by atoms with Crippen LogP contribution in [0.2, 0.25) is 0 Å². The van der Waals surface area contributed by atoms with Gasteiger partial charge < -0.3 is 19.7 Å². The van der Waals surface area contributed by atoms with Gasteiger partial charge in [-0.15, -0.1) is 0 Å². The van der Waals surface area contributed by atoms with Gasteiger partial charge in [-0.05, 0) is 71.4 Å². The molecule has 2 bridgehead atoms. The molecule has 3 fully saturated rings. The standard InChI is InChI=1S/C20H32N2O5.C9H13Br/c1-11(2)18(24)26-13(5)27-19(25)22-9-14-8-15(10-22)16(14)17(23)21-20(6,7)12(3)4;1-4-6-7-9(10)8(3)5-2/h11,13-16H,3,8-10H2,1-2,4-7H3,(H,21,23);4-7H,1-3H3/b;6-4-,8-5+,9-7+. The van der Waals surface area contributed by atoms with Gasteiger partial charge in [-0.25, -0.2) is 4.79 Å². The summed E-state index contributed by atoms with van der Waals surface area (Å²) in [5.41, 5.74) is 1.71. The Kier molecular flexibility index (Phi) is 12.9. The summed E-state index contributed by atoms with van der Waals surface area (Å²) in [6, 6.07) is 0. The molecule has 0 aromatic rings. The minimum Gasteiger partial charge on any atom is -0.425 e. The summed E-state index contributed by atoms with van der Waals surface area (Å²) in [5.74, 6) is -0.484. The second kappa shape index (κ2) is 14.6. The van der Waals surface area contributed by atoms with Crippen LogP contribution in [-0.2, 0) is 19.1 Å². The molecular weight excluding hydrogens is 536 g/mol. The zero-order valence-electron chi connectivity index (χ0n) is 23.9. The van der Waals surface area contributed by atoms with Gasteiger partial charge >= 0.3 is 12.1 Å². The Morgan fingerprint density at radius 3 is 2.11 bits per heavy atom. The number of amides is 2. The minimum absolute atomic E-state index is 0.0245. The van der Waals surface area contributed by atoms with Crippen LogP contribution in [0.1, 0.15) is 68.7 Å². The van der Waals surface area contributed by atoms with Crippen molar-refractivity contribution in [1.29, 1.82) is 0 Å². The fourth-order valence-corrected chi connectivity index (χ4v) is 4.34. The highest BCUT2D eigenvalue weighted by Gasteiger charge is 2.52. The van der Waals surface area contributed by atoms with Crippen LogP contribution in [0.3, 0.4) is 0 Å². The first-order valence-electron chi connectivity index (χ1n) is 12.9. The Labute approximate surface area is 231 Å². The van der Waals surface area contributed by atoms with E-state index in [0.717, 1.165) is 16.5 Å². The van der Waals surface area contributed by atoms with Gasteiger partial charge in [-0.2, -0.15) is 0 Å². The third kappa shape index (κ3) is 9.80. The van der Waals surface area contributed by atoms with Crippen LogP contribution in [0, 0.1) is 23.7 Å². The van der Waals surface area contributed by atoms with E-state index in [4.69, 9.17) is 9.47 Å². The van der Waals surface area contributed by atoms with Crippen LogP contribution in [0.5, 0.6) is 0 Å². The first-order valence-corrected chi connectivity index (χ1v) is 13.7. The molecule has 8 heteroatoms. The Bertz CT molecular complexity index is 923. The molecule has 1 saturated carbocycles. The predicted molar refractivity (Wildman–Crippen MR) is 152 cm³/mol. The van der Waals surface area contributed by atoms with Crippen molar-refractivity contribution in [2.75, 3.05) is 13.1 Å². The number of rotatable bonds is 8. The van der Waals surface area contributed by atoms with E-state index in [-0.39, 0.29) is 29.6 Å². The molecule has 1 N–H and O–H groups in total. The van der Waals surface area contributed by atoms with Crippen LogP contribution in [-0.4, -0.2) is 47.8 Å². The second-order valence-corrected chi connectivity index (χ2v) is 11.5. The smallest absolute Gasteiger partial charge is 0.412 e. The number of nitrogens with one attached hydrogen (secondary N) is 1. The second-order valence-electron chi connectivity index (χ2n) is 10.6. The van der Waals surface area contributed by atoms with Gasteiger partial charge in [0.2, 0.25) is 12.2 Å². The molecule has 0 aromatic carbocycles. The molecule has 3 rings (SSSR count). The first-order chi connectivity index (χ1) is 17.1. The zero-order chi connectivity index (χ0) is 28.5. The van der Waals surface area contributed by atoms with E-state index in [2.05, 4.69) is 40.8 Å². The summed E-state index contributed by atoms with van der Waals surface area (Å²) in [6.07, 6.45) is 7.63. The Balaban J connectivity index is 0.000000580. The van der Waals surface area contributed by atoms with Crippen molar-refractivity contribution >= 4 is 33.9 Å². The van der Waals surface area contributed by atoms with E-state index in [0.29, 0.717) is 13.1 Å². The van der Waals surface area contributed by atoms with Crippen molar-refractivity contribution < 1.29 is 23.9 Å². The number of ether oxygens (including phenoxy) is 2. The topological polar surface area (TPSA) is 84.9 Å². The lowest BCUT2D eigenvalue weighted by molar-refractivity contribution is -0.171. The Morgan fingerprint density at radius 1 is 1.08 bits per heavy atom. The zero-order valence-corrected chi connectivity index (χ0v) is 25.5. The van der Waals surface area contributed by atoms with Gasteiger partial charge in [0.15, 0.2) is 0 Å². The molecule has 3 aliphatic rings. The van der Waals surface area contributed by atoms with Crippen molar-refractivity contribution in [3.63, 3.8) is 0 Å². The summed E-state index contributed by atoms with van der Waals surface area (Å²) >= 11 is 3.45. The molecule has 1 aliphatic carbocycles. The van der Waals surface area contributed by atoms with Crippen molar-refractivity contribution in [1.82, 2.24) is 10.2 Å². The quantitative estimate of drug-likeness (QED) is 0.153. The Morgan fingerprint density at radius 2 is 1.65 bits per heavy atom. The maximum atomic E-state index is 12.7. The highest BCUT2D eigenvalue weighted by Crippen LogP contribution is 2.46. The van der Waals surface area contributed by atoms with E-state index in [1.54, 1.807) is 18.7 Å². The number of halogens is 1. The normalized spacial score (nSPS) is 22.5.